The average molecular weight is 234 g/mol. The van der Waals surface area contributed by atoms with Crippen LogP contribution in [0.4, 0.5) is 11.4 Å². The molecule has 1 fully saturated rings. The number of hydrogen-bond acceptors (Lipinski definition) is 3. The lowest BCUT2D eigenvalue weighted by Gasteiger charge is -2.14. The van der Waals surface area contributed by atoms with E-state index in [-0.39, 0.29) is 0 Å². The van der Waals surface area contributed by atoms with Crippen LogP contribution in [0.3, 0.4) is 0 Å². The Bertz CT molecular complexity index is 374. The monoisotopic (exact) mass is 234 g/mol. The molecule has 0 aliphatic heterocycles. The zero-order chi connectivity index (χ0) is 12.3. The molecular formula is C14H22N2O. The first kappa shape index (κ1) is 12.1. The summed E-state index contributed by atoms with van der Waals surface area (Å²) in [5, 5.41) is 3.45. The largest absolute Gasteiger partial charge is 0.494 e. The van der Waals surface area contributed by atoms with Crippen molar-refractivity contribution in [3.05, 3.63) is 18.2 Å². The first-order valence-electron chi connectivity index (χ1n) is 6.46. The Kier molecular flexibility index (Phi) is 3.77. The molecule has 0 aromatic heterocycles. The van der Waals surface area contributed by atoms with Gasteiger partial charge in [-0.25, -0.2) is 0 Å². The second-order valence-electron chi connectivity index (χ2n) is 4.92. The standard InChI is InChI=1S/C14H22N2O/c1-3-17-14-7-12(15)6-13(8-14)16-9-10(2)11-4-5-11/h6-8,10-11,16H,3-5,9,15H2,1-2H3. The van der Waals surface area contributed by atoms with Gasteiger partial charge in [-0.05, 0) is 37.7 Å². The number of ether oxygens (including phenoxy) is 1. The maximum Gasteiger partial charge on any atom is 0.123 e. The predicted octanol–water partition coefficient (Wildman–Crippen LogP) is 3.13. The second-order valence-corrected chi connectivity index (χ2v) is 4.92. The third-order valence-electron chi connectivity index (χ3n) is 3.29. The molecule has 1 aromatic carbocycles. The van der Waals surface area contributed by atoms with Gasteiger partial charge < -0.3 is 15.8 Å². The first-order chi connectivity index (χ1) is 8.19. The van der Waals surface area contributed by atoms with Gasteiger partial charge in [0.05, 0.1) is 6.61 Å². The van der Waals surface area contributed by atoms with Crippen LogP contribution in [0.2, 0.25) is 0 Å². The minimum Gasteiger partial charge on any atom is -0.494 e. The van der Waals surface area contributed by atoms with Gasteiger partial charge in [0, 0.05) is 30.1 Å². The van der Waals surface area contributed by atoms with Crippen LogP contribution in [-0.4, -0.2) is 13.2 Å². The summed E-state index contributed by atoms with van der Waals surface area (Å²) in [4.78, 5) is 0. The summed E-state index contributed by atoms with van der Waals surface area (Å²) < 4.78 is 5.47. The number of nitrogens with one attached hydrogen (secondary N) is 1. The fourth-order valence-corrected chi connectivity index (χ4v) is 2.08. The van der Waals surface area contributed by atoms with E-state index in [4.69, 9.17) is 10.5 Å². The van der Waals surface area contributed by atoms with Crippen molar-refractivity contribution in [2.75, 3.05) is 24.2 Å². The van der Waals surface area contributed by atoms with E-state index in [0.29, 0.717) is 6.61 Å². The topological polar surface area (TPSA) is 47.3 Å². The van der Waals surface area contributed by atoms with Crippen LogP contribution in [0, 0.1) is 11.8 Å². The van der Waals surface area contributed by atoms with Gasteiger partial charge in [0.25, 0.3) is 0 Å². The zero-order valence-electron chi connectivity index (χ0n) is 10.7. The maximum absolute atomic E-state index is 5.85. The molecule has 1 aliphatic rings. The summed E-state index contributed by atoms with van der Waals surface area (Å²) in [6.45, 7) is 5.97. The number of rotatable bonds is 6. The molecule has 2 rings (SSSR count). The van der Waals surface area contributed by atoms with Gasteiger partial charge >= 0.3 is 0 Å². The Morgan fingerprint density at radius 2 is 2.18 bits per heavy atom. The lowest BCUT2D eigenvalue weighted by molar-refractivity contribution is 0.340. The minimum atomic E-state index is 0.668. The van der Waals surface area contributed by atoms with Gasteiger partial charge in [-0.3, -0.25) is 0 Å². The molecule has 0 saturated heterocycles. The van der Waals surface area contributed by atoms with Crippen molar-refractivity contribution in [2.24, 2.45) is 11.8 Å². The summed E-state index contributed by atoms with van der Waals surface area (Å²) in [5.41, 5.74) is 7.65. The van der Waals surface area contributed by atoms with Crippen molar-refractivity contribution in [1.82, 2.24) is 0 Å². The minimum absolute atomic E-state index is 0.668. The Hall–Kier alpha value is -1.38. The van der Waals surface area contributed by atoms with E-state index in [1.807, 2.05) is 25.1 Å². The van der Waals surface area contributed by atoms with E-state index < -0.39 is 0 Å². The van der Waals surface area contributed by atoms with Crippen LogP contribution in [-0.2, 0) is 0 Å². The second kappa shape index (κ2) is 5.30. The van der Waals surface area contributed by atoms with E-state index >= 15 is 0 Å². The van der Waals surface area contributed by atoms with E-state index in [1.54, 1.807) is 0 Å². The van der Waals surface area contributed by atoms with Gasteiger partial charge in [0.2, 0.25) is 0 Å². The molecule has 0 radical (unpaired) electrons. The molecule has 17 heavy (non-hydrogen) atoms. The molecule has 0 heterocycles. The molecule has 0 spiro atoms. The predicted molar refractivity (Wildman–Crippen MR) is 72.4 cm³/mol. The lowest BCUT2D eigenvalue weighted by atomic mass is 10.1. The Morgan fingerprint density at radius 1 is 1.41 bits per heavy atom. The van der Waals surface area contributed by atoms with Crippen molar-refractivity contribution in [3.8, 4) is 5.75 Å². The van der Waals surface area contributed by atoms with Crippen LogP contribution < -0.4 is 15.8 Å². The van der Waals surface area contributed by atoms with E-state index in [9.17, 15) is 0 Å². The fraction of sp³-hybridized carbons (Fsp3) is 0.571. The molecule has 3 N–H and O–H groups in total. The summed E-state index contributed by atoms with van der Waals surface area (Å²) in [6, 6.07) is 5.83. The van der Waals surface area contributed by atoms with Crippen molar-refractivity contribution in [3.63, 3.8) is 0 Å². The summed E-state index contributed by atoms with van der Waals surface area (Å²) >= 11 is 0. The molecule has 0 amide bonds. The highest BCUT2D eigenvalue weighted by Crippen LogP contribution is 2.36. The molecule has 1 atom stereocenters. The molecule has 1 unspecified atom stereocenters. The van der Waals surface area contributed by atoms with Crippen LogP contribution >= 0.6 is 0 Å². The zero-order valence-corrected chi connectivity index (χ0v) is 10.7. The number of benzene rings is 1. The third-order valence-corrected chi connectivity index (χ3v) is 3.29. The summed E-state index contributed by atoms with van der Waals surface area (Å²) in [5.74, 6) is 2.51. The van der Waals surface area contributed by atoms with Gasteiger partial charge in [0.15, 0.2) is 0 Å². The number of anilines is 2. The van der Waals surface area contributed by atoms with Crippen molar-refractivity contribution >= 4 is 11.4 Å². The van der Waals surface area contributed by atoms with E-state index in [1.165, 1.54) is 12.8 Å². The van der Waals surface area contributed by atoms with E-state index in [2.05, 4.69) is 12.2 Å². The van der Waals surface area contributed by atoms with Gasteiger partial charge in [-0.15, -0.1) is 0 Å². The molecule has 94 valence electrons. The molecule has 1 saturated carbocycles. The Labute approximate surface area is 103 Å². The van der Waals surface area contributed by atoms with Gasteiger partial charge in [0.1, 0.15) is 5.75 Å². The van der Waals surface area contributed by atoms with Crippen molar-refractivity contribution in [2.45, 2.75) is 26.7 Å². The quantitative estimate of drug-likeness (QED) is 0.743. The molecule has 0 bridgehead atoms. The number of nitrogens with two attached hydrogens (primary N) is 1. The van der Waals surface area contributed by atoms with Crippen molar-refractivity contribution < 1.29 is 4.74 Å². The van der Waals surface area contributed by atoms with Crippen molar-refractivity contribution in [1.29, 1.82) is 0 Å². The van der Waals surface area contributed by atoms with Crippen LogP contribution in [0.1, 0.15) is 26.7 Å². The highest BCUT2D eigenvalue weighted by molar-refractivity contribution is 5.59. The molecule has 3 nitrogen and oxygen atoms in total. The maximum atomic E-state index is 5.85. The number of hydrogen-bond donors (Lipinski definition) is 2. The third kappa shape index (κ3) is 3.55. The van der Waals surface area contributed by atoms with Crippen LogP contribution in [0.15, 0.2) is 18.2 Å². The van der Waals surface area contributed by atoms with Crippen LogP contribution in [0.25, 0.3) is 0 Å². The SMILES string of the molecule is CCOc1cc(N)cc(NCC(C)C2CC2)c1. The molecule has 1 aromatic rings. The highest BCUT2D eigenvalue weighted by atomic mass is 16.5. The molecule has 3 heteroatoms. The smallest absolute Gasteiger partial charge is 0.123 e. The fourth-order valence-electron chi connectivity index (χ4n) is 2.08. The summed E-state index contributed by atoms with van der Waals surface area (Å²) in [6.07, 6.45) is 2.79. The molecular weight excluding hydrogens is 212 g/mol. The van der Waals surface area contributed by atoms with Gasteiger partial charge in [-0.2, -0.15) is 0 Å². The normalized spacial score (nSPS) is 16.6. The Balaban J connectivity index is 1.94. The highest BCUT2D eigenvalue weighted by Gasteiger charge is 2.27. The first-order valence-corrected chi connectivity index (χ1v) is 6.46. The van der Waals surface area contributed by atoms with Crippen LogP contribution in [0.5, 0.6) is 5.75 Å². The number of nitrogen functional groups attached to an aromatic ring is 1. The lowest BCUT2D eigenvalue weighted by Crippen LogP contribution is -2.13. The van der Waals surface area contributed by atoms with Gasteiger partial charge in [-0.1, -0.05) is 6.92 Å². The Morgan fingerprint density at radius 3 is 2.82 bits per heavy atom. The average Bonchev–Trinajstić information content (AvgIpc) is 3.09. The van der Waals surface area contributed by atoms with E-state index in [0.717, 1.165) is 35.5 Å². The summed E-state index contributed by atoms with van der Waals surface area (Å²) in [7, 11) is 0. The molecule has 1 aliphatic carbocycles.